The number of rotatable bonds is 6. The Morgan fingerprint density at radius 1 is 0.895 bits per heavy atom. The van der Waals surface area contributed by atoms with Crippen LogP contribution in [-0.2, 0) is 6.54 Å². The third-order valence-corrected chi connectivity index (χ3v) is 7.20. The molecule has 0 unspecified atom stereocenters. The number of nitrogens with zero attached hydrogens (tertiary/aromatic N) is 1. The Kier molecular flexibility index (Phi) is 7.03. The number of anilines is 3. The summed E-state index contributed by atoms with van der Waals surface area (Å²) in [6.07, 6.45) is 1.77. The zero-order chi connectivity index (χ0) is 26.6. The number of hydrogen-bond donors (Lipinski definition) is 5. The van der Waals surface area contributed by atoms with Gasteiger partial charge in [0, 0.05) is 57.9 Å². The monoisotopic (exact) mass is 522 g/mol. The molecule has 0 fully saturated rings. The van der Waals surface area contributed by atoms with Gasteiger partial charge in [0.15, 0.2) is 0 Å². The second-order valence-electron chi connectivity index (χ2n) is 8.63. The van der Waals surface area contributed by atoms with Gasteiger partial charge in [0.05, 0.1) is 0 Å². The van der Waals surface area contributed by atoms with Crippen LogP contribution in [0.15, 0.2) is 84.4 Å². The molecule has 0 radical (unpaired) electrons. The summed E-state index contributed by atoms with van der Waals surface area (Å²) in [5.74, 6) is 0.315. The number of hydrogen-bond acceptors (Lipinski definition) is 6. The van der Waals surface area contributed by atoms with Crippen molar-refractivity contribution in [2.45, 2.75) is 6.54 Å². The van der Waals surface area contributed by atoms with E-state index in [9.17, 15) is 9.59 Å². The van der Waals surface area contributed by atoms with Crippen molar-refractivity contribution in [2.75, 3.05) is 23.4 Å². The lowest BCUT2D eigenvalue weighted by Crippen LogP contribution is -2.19. The van der Waals surface area contributed by atoms with Gasteiger partial charge in [0.2, 0.25) is 0 Å². The molecule has 0 saturated heterocycles. The highest BCUT2D eigenvalue weighted by atomic mass is 32.1. The summed E-state index contributed by atoms with van der Waals surface area (Å²) >= 11 is 1.59. The minimum absolute atomic E-state index is 0.133. The summed E-state index contributed by atoms with van der Waals surface area (Å²) in [7, 11) is 1.61. The minimum Gasteiger partial charge on any atom is -0.383 e. The summed E-state index contributed by atoms with van der Waals surface area (Å²) < 4.78 is 1.02. The molecule has 2 heterocycles. The highest BCUT2D eigenvalue weighted by Gasteiger charge is 2.16. The maximum atomic E-state index is 12.5. The number of nitrogen functional groups attached to an aromatic ring is 1. The highest BCUT2D eigenvalue weighted by Crippen LogP contribution is 2.41. The Balaban J connectivity index is 1.38. The Morgan fingerprint density at radius 3 is 2.29 bits per heavy atom. The van der Waals surface area contributed by atoms with Crippen LogP contribution >= 0.6 is 11.3 Å². The lowest BCUT2D eigenvalue weighted by Gasteiger charge is -2.10. The number of amides is 3. The van der Waals surface area contributed by atoms with Gasteiger partial charge in [-0.2, -0.15) is 0 Å². The number of fused-ring (bicyclic) bond motifs is 1. The van der Waals surface area contributed by atoms with E-state index in [-0.39, 0.29) is 11.9 Å². The number of benzene rings is 3. The van der Waals surface area contributed by atoms with E-state index in [2.05, 4.69) is 26.3 Å². The topological polar surface area (TPSA) is 135 Å². The molecule has 0 bridgehead atoms. The van der Waals surface area contributed by atoms with Crippen molar-refractivity contribution in [3.05, 3.63) is 95.5 Å². The summed E-state index contributed by atoms with van der Waals surface area (Å²) in [5.41, 5.74) is 18.7. The normalized spacial score (nSPS) is 10.8. The van der Waals surface area contributed by atoms with Crippen LogP contribution in [0.2, 0.25) is 0 Å². The molecule has 2 aromatic heterocycles. The average Bonchev–Trinajstić information content (AvgIpc) is 3.39. The largest absolute Gasteiger partial charge is 0.383 e. The molecule has 190 valence electrons. The highest BCUT2D eigenvalue weighted by molar-refractivity contribution is 7.18. The average molecular weight is 523 g/mol. The Labute approximate surface area is 223 Å². The summed E-state index contributed by atoms with van der Waals surface area (Å²) in [6, 6.07) is 22.1. The second-order valence-corrected chi connectivity index (χ2v) is 9.51. The lowest BCUT2D eigenvalue weighted by atomic mass is 10.0. The summed E-state index contributed by atoms with van der Waals surface area (Å²) in [5, 5.41) is 11.2. The van der Waals surface area contributed by atoms with E-state index in [1.807, 2.05) is 60.7 Å². The van der Waals surface area contributed by atoms with Crippen LogP contribution in [0.5, 0.6) is 0 Å². The van der Waals surface area contributed by atoms with Crippen LogP contribution in [0.4, 0.5) is 22.0 Å². The number of aromatic nitrogens is 1. The molecule has 5 aromatic rings. The molecule has 0 aliphatic rings. The number of thiophene rings is 1. The third kappa shape index (κ3) is 5.06. The third-order valence-electron chi connectivity index (χ3n) is 6.18. The van der Waals surface area contributed by atoms with E-state index >= 15 is 0 Å². The summed E-state index contributed by atoms with van der Waals surface area (Å²) in [6.45, 7) is 0.404. The molecule has 3 aromatic carbocycles. The van der Waals surface area contributed by atoms with Crippen LogP contribution in [0.25, 0.3) is 32.3 Å². The number of carbonyl (C=O) groups is 2. The first-order chi connectivity index (χ1) is 18.5. The van der Waals surface area contributed by atoms with Gasteiger partial charge < -0.3 is 27.4 Å². The molecule has 5 rings (SSSR count). The molecule has 7 N–H and O–H groups in total. The zero-order valence-electron chi connectivity index (χ0n) is 20.6. The fourth-order valence-electron chi connectivity index (χ4n) is 4.23. The quantitative estimate of drug-likeness (QED) is 0.196. The van der Waals surface area contributed by atoms with E-state index in [0.29, 0.717) is 29.3 Å². The Morgan fingerprint density at radius 2 is 1.58 bits per heavy atom. The van der Waals surface area contributed by atoms with Crippen LogP contribution in [0.3, 0.4) is 0 Å². The van der Waals surface area contributed by atoms with Gasteiger partial charge in [-0.3, -0.25) is 4.79 Å². The first-order valence-electron chi connectivity index (χ1n) is 11.9. The van der Waals surface area contributed by atoms with Crippen molar-refractivity contribution >= 4 is 50.6 Å². The van der Waals surface area contributed by atoms with E-state index in [0.717, 1.165) is 37.9 Å². The Bertz CT molecular complexity index is 1630. The van der Waals surface area contributed by atoms with Gasteiger partial charge in [-0.05, 0) is 58.5 Å². The minimum atomic E-state index is -0.339. The maximum Gasteiger partial charge on any atom is 0.323 e. The lowest BCUT2D eigenvalue weighted by molar-refractivity contribution is 0.0963. The van der Waals surface area contributed by atoms with Crippen molar-refractivity contribution < 1.29 is 9.59 Å². The number of nitrogens with two attached hydrogens (primary N) is 2. The predicted octanol–water partition coefficient (Wildman–Crippen LogP) is 5.67. The van der Waals surface area contributed by atoms with E-state index in [1.54, 1.807) is 36.7 Å². The molecule has 0 aliphatic carbocycles. The SMILES string of the molecule is CNC(=O)c1ccc(-c2cnc(N)c3c(-c4ccc(NC(=O)Nc5cccc(CN)c5)cc4)csc23)cc1. The van der Waals surface area contributed by atoms with Gasteiger partial charge in [-0.25, -0.2) is 9.78 Å². The van der Waals surface area contributed by atoms with Crippen molar-refractivity contribution in [2.24, 2.45) is 5.73 Å². The standard InChI is InChI=1S/C29H26N6O2S/c1-32-28(36)20-7-5-18(6-8-20)23-15-33-27(31)25-24(16-38-26(23)25)19-9-11-21(12-10-19)34-29(37)35-22-4-2-3-17(13-22)14-30/h2-13,15-16H,14,30H2,1H3,(H2,31,33)(H,32,36)(H2,34,35,37). The number of carbonyl (C=O) groups excluding carboxylic acids is 2. The number of pyridine rings is 1. The van der Waals surface area contributed by atoms with Crippen molar-refractivity contribution in [1.82, 2.24) is 10.3 Å². The van der Waals surface area contributed by atoms with Gasteiger partial charge >= 0.3 is 6.03 Å². The molecule has 9 heteroatoms. The molecular weight excluding hydrogens is 496 g/mol. The predicted molar refractivity (Wildman–Crippen MR) is 155 cm³/mol. The van der Waals surface area contributed by atoms with E-state index in [1.165, 1.54) is 0 Å². The molecule has 0 saturated carbocycles. The van der Waals surface area contributed by atoms with Gasteiger partial charge in [-0.15, -0.1) is 11.3 Å². The van der Waals surface area contributed by atoms with E-state index in [4.69, 9.17) is 11.5 Å². The molecular formula is C29H26N6O2S. The van der Waals surface area contributed by atoms with Crippen LogP contribution in [0.1, 0.15) is 15.9 Å². The molecule has 0 atom stereocenters. The number of nitrogens with one attached hydrogen (secondary N) is 3. The van der Waals surface area contributed by atoms with Crippen molar-refractivity contribution in [3.8, 4) is 22.3 Å². The fourth-order valence-corrected chi connectivity index (χ4v) is 5.35. The van der Waals surface area contributed by atoms with Crippen molar-refractivity contribution in [1.29, 1.82) is 0 Å². The molecule has 38 heavy (non-hydrogen) atoms. The van der Waals surface area contributed by atoms with E-state index < -0.39 is 0 Å². The zero-order valence-corrected chi connectivity index (χ0v) is 21.4. The summed E-state index contributed by atoms with van der Waals surface area (Å²) in [4.78, 5) is 28.8. The second kappa shape index (κ2) is 10.7. The van der Waals surface area contributed by atoms with Crippen LogP contribution in [-0.4, -0.2) is 24.0 Å². The molecule has 8 nitrogen and oxygen atoms in total. The smallest absolute Gasteiger partial charge is 0.323 e. The molecule has 0 spiro atoms. The Hall–Kier alpha value is -4.73. The molecule has 3 amide bonds. The van der Waals surface area contributed by atoms with Gasteiger partial charge in [-0.1, -0.05) is 36.4 Å². The maximum absolute atomic E-state index is 12.5. The first-order valence-corrected chi connectivity index (χ1v) is 12.8. The fraction of sp³-hybridized carbons (Fsp3) is 0.0690. The number of urea groups is 1. The van der Waals surface area contributed by atoms with Crippen LogP contribution in [0, 0.1) is 0 Å². The van der Waals surface area contributed by atoms with Gasteiger partial charge in [0.25, 0.3) is 5.91 Å². The van der Waals surface area contributed by atoms with Crippen LogP contribution < -0.4 is 27.4 Å². The first kappa shape index (κ1) is 24.9. The molecule has 0 aliphatic heterocycles. The van der Waals surface area contributed by atoms with Crippen molar-refractivity contribution in [3.63, 3.8) is 0 Å². The van der Waals surface area contributed by atoms with Gasteiger partial charge in [0.1, 0.15) is 5.82 Å².